The number of pyridine rings is 1. The lowest BCUT2D eigenvalue weighted by molar-refractivity contribution is 0.0699. The van der Waals surface area contributed by atoms with Crippen LogP contribution in [-0.4, -0.2) is 30.8 Å². The first-order chi connectivity index (χ1) is 13.6. The molecule has 4 aromatic rings. The molecule has 1 atom stereocenters. The number of carbonyl (C=O) groups is 1. The zero-order valence-corrected chi connectivity index (χ0v) is 14.5. The molecule has 9 heteroatoms. The van der Waals surface area contributed by atoms with Crippen LogP contribution in [0.25, 0.3) is 22.3 Å². The van der Waals surface area contributed by atoms with Gasteiger partial charge in [0.15, 0.2) is 5.82 Å². The maximum absolute atomic E-state index is 15.4. The normalized spacial score (nSPS) is 13.1. The van der Waals surface area contributed by atoms with Crippen LogP contribution in [0, 0.1) is 0 Å². The van der Waals surface area contributed by atoms with Crippen LogP contribution in [0.3, 0.4) is 0 Å². The van der Waals surface area contributed by atoms with Crippen LogP contribution in [0.15, 0.2) is 67.4 Å². The summed E-state index contributed by atoms with van der Waals surface area (Å²) in [4.78, 5) is 33.0. The van der Waals surface area contributed by atoms with Crippen LogP contribution >= 0.6 is 0 Å². The second-order valence-electron chi connectivity index (χ2n) is 5.88. The first-order valence-electron chi connectivity index (χ1n) is 8.29. The molecule has 0 saturated heterocycles. The molecule has 3 N–H and O–H groups in total. The Kier molecular flexibility index (Phi) is 4.42. The number of rotatable bonds is 4. The summed E-state index contributed by atoms with van der Waals surface area (Å²) < 4.78 is 15.4. The minimum atomic E-state index is -2.78. The first-order valence-corrected chi connectivity index (χ1v) is 8.29. The predicted molar refractivity (Wildman–Crippen MR) is 99.2 cm³/mol. The lowest BCUT2D eigenvalue weighted by atomic mass is 10.1. The number of fused-ring (bicyclic) bond motifs is 1. The number of nitrogens with two attached hydrogens (primary N) is 1. The van der Waals surface area contributed by atoms with Gasteiger partial charge in [-0.15, -0.1) is 0 Å². The molecule has 3 aromatic heterocycles. The summed E-state index contributed by atoms with van der Waals surface area (Å²) in [5.74, 6) is -3.34. The number of hydrogen-bond acceptors (Lipinski definition) is 7. The molecule has 0 aliphatic heterocycles. The van der Waals surface area contributed by atoms with E-state index < -0.39 is 11.8 Å². The van der Waals surface area contributed by atoms with Gasteiger partial charge in [0.25, 0.3) is 11.8 Å². The molecule has 1 amide bonds. The first kappa shape index (κ1) is 17.6. The van der Waals surface area contributed by atoms with Crippen LogP contribution < -0.4 is 11.1 Å². The summed E-state index contributed by atoms with van der Waals surface area (Å²) in [7, 11) is 0. The van der Waals surface area contributed by atoms with Gasteiger partial charge in [-0.2, -0.15) is 4.39 Å². The molecule has 0 bridgehead atoms. The second kappa shape index (κ2) is 7.05. The van der Waals surface area contributed by atoms with Gasteiger partial charge in [-0.05, 0) is 24.3 Å². The van der Waals surface area contributed by atoms with E-state index in [4.69, 9.17) is 5.73 Å². The average Bonchev–Trinajstić information content (AvgIpc) is 2.73. The summed E-state index contributed by atoms with van der Waals surface area (Å²) in [6, 6.07) is 11.7. The van der Waals surface area contributed by atoms with Crippen LogP contribution in [0.5, 0.6) is 0 Å². The van der Waals surface area contributed by atoms with Crippen LogP contribution in [0.1, 0.15) is 16.2 Å². The fraction of sp³-hybridized carbons (Fsp3) is 0.0526. The summed E-state index contributed by atoms with van der Waals surface area (Å²) in [6.07, 6.45) is 5.63. The van der Waals surface area contributed by atoms with E-state index in [1.165, 1.54) is 24.9 Å². The van der Waals surface area contributed by atoms with Gasteiger partial charge in [0.2, 0.25) is 0 Å². The van der Waals surface area contributed by atoms with Crippen molar-refractivity contribution < 1.29 is 9.18 Å². The van der Waals surface area contributed by atoms with E-state index in [-0.39, 0.29) is 22.8 Å². The van der Waals surface area contributed by atoms with Gasteiger partial charge < -0.3 is 5.32 Å². The molecular weight excluding hydrogens is 361 g/mol. The highest BCUT2D eigenvalue weighted by Crippen LogP contribution is 2.26. The van der Waals surface area contributed by atoms with E-state index >= 15 is 4.39 Å². The Morgan fingerprint density at radius 2 is 1.68 bits per heavy atom. The summed E-state index contributed by atoms with van der Waals surface area (Å²) >= 11 is 0. The molecular formula is C19H14FN7O. The Morgan fingerprint density at radius 3 is 2.50 bits per heavy atom. The van der Waals surface area contributed by atoms with Gasteiger partial charge in [0.05, 0.1) is 5.52 Å². The number of hydrogen-bond donors (Lipinski definition) is 2. The van der Waals surface area contributed by atoms with Gasteiger partial charge in [-0.25, -0.2) is 19.9 Å². The highest BCUT2D eigenvalue weighted by Gasteiger charge is 2.35. The van der Waals surface area contributed by atoms with Crippen LogP contribution in [-0.2, 0) is 5.92 Å². The van der Waals surface area contributed by atoms with Gasteiger partial charge in [-0.1, -0.05) is 18.2 Å². The van der Waals surface area contributed by atoms with E-state index in [1.807, 2.05) is 0 Å². The minimum Gasteiger partial charge on any atom is -0.301 e. The molecule has 1 unspecified atom stereocenters. The monoisotopic (exact) mass is 375 g/mol. The van der Waals surface area contributed by atoms with Crippen molar-refractivity contribution in [3.05, 3.63) is 78.8 Å². The van der Waals surface area contributed by atoms with Gasteiger partial charge >= 0.3 is 0 Å². The third kappa shape index (κ3) is 3.26. The Balaban J connectivity index is 1.71. The SMILES string of the molecule is NC(F)(NC(=O)c1ncnc2ccccc12)c1ncccc1-c1ncccn1. The lowest BCUT2D eigenvalue weighted by Crippen LogP contribution is -2.50. The van der Waals surface area contributed by atoms with Crippen LogP contribution in [0.4, 0.5) is 4.39 Å². The van der Waals surface area contributed by atoms with Crippen molar-refractivity contribution in [1.82, 2.24) is 30.2 Å². The van der Waals surface area contributed by atoms with E-state index in [1.54, 1.807) is 42.5 Å². The molecule has 0 spiro atoms. The number of halogens is 1. The topological polar surface area (TPSA) is 120 Å². The number of benzene rings is 1. The molecule has 3 heterocycles. The number of para-hydroxylation sites is 1. The fourth-order valence-electron chi connectivity index (χ4n) is 2.78. The zero-order valence-electron chi connectivity index (χ0n) is 14.5. The minimum absolute atomic E-state index is 0.00603. The Bertz CT molecular complexity index is 1150. The van der Waals surface area contributed by atoms with Crippen molar-refractivity contribution in [3.8, 4) is 11.4 Å². The van der Waals surface area contributed by atoms with Crippen molar-refractivity contribution in [2.45, 2.75) is 5.92 Å². The Morgan fingerprint density at radius 1 is 0.929 bits per heavy atom. The van der Waals surface area contributed by atoms with Gasteiger partial charge in [-0.3, -0.25) is 15.5 Å². The third-order valence-corrected chi connectivity index (χ3v) is 4.01. The van der Waals surface area contributed by atoms with E-state index in [0.717, 1.165) is 0 Å². The fourth-order valence-corrected chi connectivity index (χ4v) is 2.78. The molecule has 0 saturated carbocycles. The summed E-state index contributed by atoms with van der Waals surface area (Å²) in [5, 5.41) is 2.63. The highest BCUT2D eigenvalue weighted by atomic mass is 19.1. The van der Waals surface area contributed by atoms with E-state index in [9.17, 15) is 4.79 Å². The molecule has 28 heavy (non-hydrogen) atoms. The lowest BCUT2D eigenvalue weighted by Gasteiger charge is -2.23. The Hall–Kier alpha value is -3.85. The van der Waals surface area contributed by atoms with Crippen molar-refractivity contribution in [2.24, 2.45) is 5.73 Å². The summed E-state index contributed by atoms with van der Waals surface area (Å²) in [6.45, 7) is 0. The molecule has 0 aliphatic carbocycles. The number of aromatic nitrogens is 5. The number of nitrogens with one attached hydrogen (secondary N) is 1. The van der Waals surface area contributed by atoms with Crippen molar-refractivity contribution in [2.75, 3.05) is 0 Å². The molecule has 8 nitrogen and oxygen atoms in total. The molecule has 4 rings (SSSR count). The van der Waals surface area contributed by atoms with Gasteiger partial charge in [0, 0.05) is 29.5 Å². The van der Waals surface area contributed by atoms with Gasteiger partial charge in [0.1, 0.15) is 17.7 Å². The third-order valence-electron chi connectivity index (χ3n) is 4.01. The van der Waals surface area contributed by atoms with Crippen LogP contribution in [0.2, 0.25) is 0 Å². The molecule has 1 aromatic carbocycles. The van der Waals surface area contributed by atoms with E-state index in [2.05, 4.69) is 30.2 Å². The maximum Gasteiger partial charge on any atom is 0.279 e. The quantitative estimate of drug-likeness (QED) is 0.413. The zero-order chi connectivity index (χ0) is 19.6. The maximum atomic E-state index is 15.4. The van der Waals surface area contributed by atoms with Crippen molar-refractivity contribution >= 4 is 16.8 Å². The molecule has 0 radical (unpaired) electrons. The number of carbonyl (C=O) groups excluding carboxylic acids is 1. The largest absolute Gasteiger partial charge is 0.301 e. The number of alkyl halides is 1. The average molecular weight is 375 g/mol. The second-order valence-corrected chi connectivity index (χ2v) is 5.88. The molecule has 0 aliphatic rings. The molecule has 0 fully saturated rings. The van der Waals surface area contributed by atoms with E-state index in [0.29, 0.717) is 10.9 Å². The van der Waals surface area contributed by atoms with Crippen molar-refractivity contribution in [1.29, 1.82) is 0 Å². The Labute approximate surface area is 158 Å². The smallest absolute Gasteiger partial charge is 0.279 e. The number of nitrogens with zero attached hydrogens (tertiary/aromatic N) is 5. The van der Waals surface area contributed by atoms with Crippen molar-refractivity contribution in [3.63, 3.8) is 0 Å². The summed E-state index contributed by atoms with van der Waals surface area (Å²) in [5.41, 5.74) is 6.41. The molecule has 138 valence electrons. The predicted octanol–water partition coefficient (Wildman–Crippen LogP) is 1.95. The standard InChI is InChI=1S/C19H14FN7O/c20-19(21,16-13(6-3-8-22-16)17-23-9-4-10-24-17)27-18(28)15-12-5-1-2-7-14(12)25-11-26-15/h1-11H,21H2,(H,27,28). The highest BCUT2D eigenvalue weighted by molar-refractivity contribution is 6.04. The number of amides is 1.